The SMILES string of the molecule is COc1cc(/C=C2/C(=O)NN(c3ccccc3)C2=O)ccc1OCc1ccccc1Cl. The lowest BCUT2D eigenvalue weighted by molar-refractivity contribution is -0.117. The summed E-state index contributed by atoms with van der Waals surface area (Å²) in [7, 11) is 1.53. The number of methoxy groups -OCH3 is 1. The molecule has 0 radical (unpaired) electrons. The van der Waals surface area contributed by atoms with Crippen LogP contribution in [0.3, 0.4) is 0 Å². The number of rotatable bonds is 6. The third-order valence-electron chi connectivity index (χ3n) is 4.75. The van der Waals surface area contributed by atoms with Crippen LogP contribution in [0.4, 0.5) is 5.69 Å². The molecule has 1 heterocycles. The van der Waals surface area contributed by atoms with Gasteiger partial charge in [-0.1, -0.05) is 54.1 Å². The normalized spacial score (nSPS) is 14.6. The highest BCUT2D eigenvalue weighted by molar-refractivity contribution is 6.32. The van der Waals surface area contributed by atoms with Crippen LogP contribution in [-0.2, 0) is 16.2 Å². The first-order valence-corrected chi connectivity index (χ1v) is 9.91. The van der Waals surface area contributed by atoms with Gasteiger partial charge in [0, 0.05) is 10.6 Å². The van der Waals surface area contributed by atoms with Gasteiger partial charge >= 0.3 is 0 Å². The Morgan fingerprint density at radius 3 is 2.45 bits per heavy atom. The highest BCUT2D eigenvalue weighted by Crippen LogP contribution is 2.31. The second-order valence-electron chi connectivity index (χ2n) is 6.77. The minimum Gasteiger partial charge on any atom is -0.493 e. The first-order valence-electron chi connectivity index (χ1n) is 9.53. The highest BCUT2D eigenvalue weighted by atomic mass is 35.5. The summed E-state index contributed by atoms with van der Waals surface area (Å²) in [5.74, 6) is 0.117. The Hall–Kier alpha value is -3.77. The molecule has 0 bridgehead atoms. The average Bonchev–Trinajstić information content (AvgIpc) is 3.08. The maximum atomic E-state index is 12.7. The van der Waals surface area contributed by atoms with Crippen LogP contribution in [-0.4, -0.2) is 18.9 Å². The molecule has 1 aliphatic heterocycles. The van der Waals surface area contributed by atoms with Crippen LogP contribution in [0.1, 0.15) is 11.1 Å². The van der Waals surface area contributed by atoms with Gasteiger partial charge in [0.05, 0.1) is 12.8 Å². The lowest BCUT2D eigenvalue weighted by Gasteiger charge is -2.14. The van der Waals surface area contributed by atoms with E-state index in [-0.39, 0.29) is 12.2 Å². The predicted octanol–water partition coefficient (Wildman–Crippen LogP) is 4.39. The largest absolute Gasteiger partial charge is 0.493 e. The summed E-state index contributed by atoms with van der Waals surface area (Å²) >= 11 is 6.18. The first-order chi connectivity index (χ1) is 15.1. The van der Waals surface area contributed by atoms with Crippen LogP contribution in [0.5, 0.6) is 11.5 Å². The summed E-state index contributed by atoms with van der Waals surface area (Å²) in [5.41, 5.74) is 4.70. The standard InChI is InChI=1S/C24H19ClN2O4/c1-30-22-14-16(11-12-21(22)31-15-17-7-5-6-10-20(17)25)13-19-23(28)26-27(24(19)29)18-8-3-2-4-9-18/h2-14H,15H2,1H3,(H,26,28)/b19-13-. The van der Waals surface area contributed by atoms with Crippen LogP contribution in [0.2, 0.25) is 5.02 Å². The van der Waals surface area contributed by atoms with E-state index in [1.807, 2.05) is 24.3 Å². The van der Waals surface area contributed by atoms with Gasteiger partial charge in [0.15, 0.2) is 11.5 Å². The summed E-state index contributed by atoms with van der Waals surface area (Å²) in [6, 6.07) is 21.5. The number of carbonyl (C=O) groups is 2. The van der Waals surface area contributed by atoms with E-state index < -0.39 is 11.8 Å². The topological polar surface area (TPSA) is 67.9 Å². The fraction of sp³-hybridized carbons (Fsp3) is 0.0833. The smallest absolute Gasteiger partial charge is 0.282 e. The second-order valence-corrected chi connectivity index (χ2v) is 7.17. The van der Waals surface area contributed by atoms with Crippen molar-refractivity contribution < 1.29 is 19.1 Å². The third-order valence-corrected chi connectivity index (χ3v) is 5.11. The maximum absolute atomic E-state index is 12.7. The van der Waals surface area contributed by atoms with Gasteiger partial charge in [-0.2, -0.15) is 0 Å². The van der Waals surface area contributed by atoms with E-state index in [9.17, 15) is 9.59 Å². The number of anilines is 1. The van der Waals surface area contributed by atoms with E-state index in [0.29, 0.717) is 27.8 Å². The van der Waals surface area contributed by atoms with Crippen molar-refractivity contribution >= 4 is 35.2 Å². The van der Waals surface area contributed by atoms with Gasteiger partial charge in [-0.15, -0.1) is 0 Å². The fourth-order valence-electron chi connectivity index (χ4n) is 3.15. The molecule has 7 heteroatoms. The summed E-state index contributed by atoms with van der Waals surface area (Å²) in [6.07, 6.45) is 1.53. The van der Waals surface area contributed by atoms with Crippen molar-refractivity contribution in [3.63, 3.8) is 0 Å². The Morgan fingerprint density at radius 2 is 1.71 bits per heavy atom. The van der Waals surface area contributed by atoms with Crippen LogP contribution in [0.25, 0.3) is 6.08 Å². The number of halogens is 1. The number of nitrogens with zero attached hydrogens (tertiary/aromatic N) is 1. The molecule has 6 nitrogen and oxygen atoms in total. The van der Waals surface area contributed by atoms with Crippen LogP contribution in [0.15, 0.2) is 78.4 Å². The molecule has 3 aromatic rings. The zero-order valence-corrected chi connectivity index (χ0v) is 17.4. The van der Waals surface area contributed by atoms with Gasteiger partial charge in [-0.3, -0.25) is 15.0 Å². The molecule has 3 aromatic carbocycles. The monoisotopic (exact) mass is 434 g/mol. The number of amides is 2. The summed E-state index contributed by atoms with van der Waals surface area (Å²) in [5, 5.41) is 1.85. The van der Waals surface area contributed by atoms with Crippen molar-refractivity contribution in [1.29, 1.82) is 0 Å². The maximum Gasteiger partial charge on any atom is 0.282 e. The second kappa shape index (κ2) is 8.93. The molecule has 0 unspecified atom stereocenters. The molecule has 0 saturated carbocycles. The van der Waals surface area contributed by atoms with E-state index in [4.69, 9.17) is 21.1 Å². The van der Waals surface area contributed by atoms with Crippen molar-refractivity contribution in [2.75, 3.05) is 12.1 Å². The summed E-state index contributed by atoms with van der Waals surface area (Å²) in [6.45, 7) is 0.281. The number of hydrazine groups is 1. The molecule has 0 spiro atoms. The third kappa shape index (κ3) is 4.39. The zero-order valence-electron chi connectivity index (χ0n) is 16.7. The average molecular weight is 435 g/mol. The Labute approximate surface area is 184 Å². The van der Waals surface area contributed by atoms with Gasteiger partial charge in [-0.05, 0) is 42.0 Å². The molecule has 31 heavy (non-hydrogen) atoms. The van der Waals surface area contributed by atoms with Gasteiger partial charge in [0.2, 0.25) is 0 Å². The quantitative estimate of drug-likeness (QED) is 0.461. The molecule has 156 valence electrons. The van der Waals surface area contributed by atoms with E-state index in [2.05, 4.69) is 5.43 Å². The molecule has 1 fully saturated rings. The zero-order chi connectivity index (χ0) is 21.8. The fourth-order valence-corrected chi connectivity index (χ4v) is 3.34. The molecule has 1 aliphatic rings. The van der Waals surface area contributed by atoms with Crippen molar-refractivity contribution in [3.05, 3.63) is 94.5 Å². The van der Waals surface area contributed by atoms with Crippen LogP contribution < -0.4 is 19.9 Å². The van der Waals surface area contributed by atoms with Gasteiger partial charge < -0.3 is 9.47 Å². The van der Waals surface area contributed by atoms with Crippen molar-refractivity contribution in [2.45, 2.75) is 6.61 Å². The molecule has 4 rings (SSSR count). The molecule has 0 aliphatic carbocycles. The number of hydrogen-bond donors (Lipinski definition) is 1. The van der Waals surface area contributed by atoms with Crippen LogP contribution >= 0.6 is 11.6 Å². The number of nitrogens with one attached hydrogen (secondary N) is 1. The summed E-state index contributed by atoms with van der Waals surface area (Å²) in [4.78, 5) is 25.1. The Morgan fingerprint density at radius 1 is 0.968 bits per heavy atom. The molecule has 0 aromatic heterocycles. The first kappa shape index (κ1) is 20.5. The van der Waals surface area contributed by atoms with E-state index in [1.165, 1.54) is 18.2 Å². The molecule has 1 saturated heterocycles. The lowest BCUT2D eigenvalue weighted by atomic mass is 10.1. The molecule has 2 amide bonds. The predicted molar refractivity (Wildman–Crippen MR) is 119 cm³/mol. The van der Waals surface area contributed by atoms with E-state index in [0.717, 1.165) is 5.56 Å². The number of para-hydroxylation sites is 1. The lowest BCUT2D eigenvalue weighted by Crippen LogP contribution is -2.35. The number of benzene rings is 3. The minimum atomic E-state index is -0.466. The highest BCUT2D eigenvalue weighted by Gasteiger charge is 2.34. The molecule has 0 atom stereocenters. The van der Waals surface area contributed by atoms with Crippen molar-refractivity contribution in [1.82, 2.24) is 5.43 Å². The Balaban J connectivity index is 1.55. The molecular weight excluding hydrogens is 416 g/mol. The molecule has 1 N–H and O–H groups in total. The Kier molecular flexibility index (Phi) is 5.91. The van der Waals surface area contributed by atoms with Gasteiger partial charge in [-0.25, -0.2) is 5.01 Å². The van der Waals surface area contributed by atoms with E-state index >= 15 is 0 Å². The van der Waals surface area contributed by atoms with Crippen molar-refractivity contribution in [2.24, 2.45) is 0 Å². The van der Waals surface area contributed by atoms with Gasteiger partial charge in [0.25, 0.3) is 11.8 Å². The number of hydrogen-bond acceptors (Lipinski definition) is 4. The van der Waals surface area contributed by atoms with E-state index in [1.54, 1.807) is 48.5 Å². The van der Waals surface area contributed by atoms with Gasteiger partial charge in [0.1, 0.15) is 12.2 Å². The Bertz CT molecular complexity index is 1160. The number of carbonyl (C=O) groups excluding carboxylic acids is 2. The van der Waals surface area contributed by atoms with Crippen LogP contribution in [0, 0.1) is 0 Å². The number of ether oxygens (including phenoxy) is 2. The molecular formula is C24H19ClN2O4. The minimum absolute atomic E-state index is 0.0376. The van der Waals surface area contributed by atoms with Crippen molar-refractivity contribution in [3.8, 4) is 11.5 Å². The summed E-state index contributed by atoms with van der Waals surface area (Å²) < 4.78 is 11.3.